The first-order valence-corrected chi connectivity index (χ1v) is 8.30. The van der Waals surface area contributed by atoms with E-state index >= 15 is 0 Å². The second-order valence-electron chi connectivity index (χ2n) is 6.57. The average molecular weight is 367 g/mol. The predicted molar refractivity (Wildman–Crippen MR) is 90.0 cm³/mol. The molecule has 1 aliphatic rings. The monoisotopic (exact) mass is 367 g/mol. The summed E-state index contributed by atoms with van der Waals surface area (Å²) in [6.45, 7) is -1.13. The van der Waals surface area contributed by atoms with Crippen molar-refractivity contribution in [2.24, 2.45) is 0 Å². The van der Waals surface area contributed by atoms with Gasteiger partial charge in [-0.25, -0.2) is 4.98 Å². The Morgan fingerprint density at radius 1 is 1.42 bits per heavy atom. The van der Waals surface area contributed by atoms with Gasteiger partial charge in [-0.05, 0) is 37.0 Å². The summed E-state index contributed by atoms with van der Waals surface area (Å²) in [5.74, 6) is 0.357. The summed E-state index contributed by atoms with van der Waals surface area (Å²) in [6, 6.07) is 2.88. The van der Waals surface area contributed by atoms with Crippen LogP contribution < -0.4 is 10.2 Å². The van der Waals surface area contributed by atoms with Gasteiger partial charge in [0.25, 0.3) is 5.91 Å². The summed E-state index contributed by atoms with van der Waals surface area (Å²) >= 11 is 0. The van der Waals surface area contributed by atoms with E-state index in [0.29, 0.717) is 29.9 Å². The number of halogens is 3. The van der Waals surface area contributed by atoms with E-state index in [9.17, 15) is 18.0 Å². The molecule has 1 N–H and O–H groups in total. The number of alkyl halides is 3. The molecule has 2 heterocycles. The second-order valence-corrected chi connectivity index (χ2v) is 6.57. The molecule has 0 radical (unpaired) electrons. The number of carbonyl (C=O) groups is 1. The molecule has 0 bridgehead atoms. The maximum absolute atomic E-state index is 12.6. The molecule has 3 rings (SSSR count). The zero-order valence-corrected chi connectivity index (χ0v) is 14.5. The van der Waals surface area contributed by atoms with E-state index in [-0.39, 0.29) is 5.91 Å². The maximum atomic E-state index is 12.6. The topological polar surface area (TPSA) is 63.1 Å². The lowest BCUT2D eigenvalue weighted by molar-refractivity contribution is -0.142. The molecule has 0 spiro atoms. The fraction of sp³-hybridized carbons (Fsp3) is 0.471. The van der Waals surface area contributed by atoms with Crippen LogP contribution >= 0.6 is 0 Å². The van der Waals surface area contributed by atoms with Gasteiger partial charge in [0.2, 0.25) is 0 Å². The molecule has 1 aliphatic carbocycles. The minimum atomic E-state index is -4.33. The fourth-order valence-corrected chi connectivity index (χ4v) is 3.05. The number of rotatable bonds is 4. The van der Waals surface area contributed by atoms with Crippen LogP contribution in [0.3, 0.4) is 0 Å². The van der Waals surface area contributed by atoms with Gasteiger partial charge in [0.05, 0.1) is 11.7 Å². The highest BCUT2D eigenvalue weighted by molar-refractivity contribution is 5.95. The van der Waals surface area contributed by atoms with Gasteiger partial charge in [-0.1, -0.05) is 0 Å². The highest BCUT2D eigenvalue weighted by atomic mass is 19.4. The SMILES string of the molecule is CN(C)c1cc(C(=O)N[C@@H]2CCCc3cn(CC(F)(F)F)nc32)ccn1. The van der Waals surface area contributed by atoms with E-state index in [1.165, 1.54) is 6.20 Å². The van der Waals surface area contributed by atoms with Crippen LogP contribution in [0.4, 0.5) is 19.0 Å². The highest BCUT2D eigenvalue weighted by Gasteiger charge is 2.31. The Morgan fingerprint density at radius 3 is 2.88 bits per heavy atom. The number of carbonyl (C=O) groups excluding carboxylic acids is 1. The van der Waals surface area contributed by atoms with E-state index in [2.05, 4.69) is 15.4 Å². The summed E-state index contributed by atoms with van der Waals surface area (Å²) in [4.78, 5) is 18.5. The zero-order chi connectivity index (χ0) is 18.9. The Labute approximate surface area is 149 Å². The fourth-order valence-electron chi connectivity index (χ4n) is 3.05. The van der Waals surface area contributed by atoms with Crippen molar-refractivity contribution in [2.45, 2.75) is 38.0 Å². The predicted octanol–water partition coefficient (Wildman–Crippen LogP) is 2.71. The lowest BCUT2D eigenvalue weighted by Gasteiger charge is -2.22. The van der Waals surface area contributed by atoms with Crippen molar-refractivity contribution in [1.29, 1.82) is 0 Å². The first-order chi connectivity index (χ1) is 12.2. The first-order valence-electron chi connectivity index (χ1n) is 8.30. The van der Waals surface area contributed by atoms with Crippen molar-refractivity contribution in [3.63, 3.8) is 0 Å². The molecule has 9 heteroatoms. The lowest BCUT2D eigenvalue weighted by atomic mass is 9.93. The zero-order valence-electron chi connectivity index (χ0n) is 14.5. The van der Waals surface area contributed by atoms with Crippen LogP contribution in [-0.2, 0) is 13.0 Å². The Bertz CT molecular complexity index is 800. The molecule has 1 atom stereocenters. The molecular formula is C17H20F3N5O. The van der Waals surface area contributed by atoms with Crippen LogP contribution in [-0.4, -0.2) is 40.9 Å². The number of aromatic nitrogens is 3. The Hall–Kier alpha value is -2.58. The number of anilines is 1. The standard InChI is InChI=1S/C17H20F3N5O/c1-24(2)14-8-11(6-7-21-14)16(26)22-13-5-3-4-12-9-25(23-15(12)13)10-17(18,19)20/h6-9,13H,3-5,10H2,1-2H3,(H,22,26)/t13-/m1/s1. The molecule has 2 aromatic heterocycles. The number of amides is 1. The number of nitrogens with zero attached hydrogens (tertiary/aromatic N) is 4. The van der Waals surface area contributed by atoms with E-state index < -0.39 is 18.8 Å². The molecular weight excluding hydrogens is 347 g/mol. The normalized spacial score (nSPS) is 16.9. The molecule has 0 aromatic carbocycles. The van der Waals surface area contributed by atoms with Crippen LogP contribution in [0.15, 0.2) is 24.5 Å². The van der Waals surface area contributed by atoms with Crippen molar-refractivity contribution in [1.82, 2.24) is 20.1 Å². The molecule has 0 saturated carbocycles. The lowest BCUT2D eigenvalue weighted by Crippen LogP contribution is -2.31. The molecule has 140 valence electrons. The van der Waals surface area contributed by atoms with Crippen molar-refractivity contribution in [2.75, 3.05) is 19.0 Å². The smallest absolute Gasteiger partial charge is 0.363 e. The van der Waals surface area contributed by atoms with Crippen molar-refractivity contribution >= 4 is 11.7 Å². The van der Waals surface area contributed by atoms with E-state index in [1.54, 1.807) is 23.2 Å². The van der Waals surface area contributed by atoms with Gasteiger partial charge in [-0.2, -0.15) is 18.3 Å². The van der Waals surface area contributed by atoms with E-state index in [1.807, 2.05) is 14.1 Å². The Balaban J connectivity index is 1.77. The van der Waals surface area contributed by atoms with Crippen LogP contribution in [0.2, 0.25) is 0 Å². The second kappa shape index (κ2) is 6.97. The Kier molecular flexibility index (Phi) is 4.88. The van der Waals surface area contributed by atoms with Gasteiger partial charge >= 0.3 is 6.18 Å². The quantitative estimate of drug-likeness (QED) is 0.903. The van der Waals surface area contributed by atoms with Gasteiger partial charge in [0.1, 0.15) is 12.4 Å². The third-order valence-corrected chi connectivity index (χ3v) is 4.25. The number of hydrogen-bond donors (Lipinski definition) is 1. The van der Waals surface area contributed by atoms with Crippen LogP contribution in [0.1, 0.15) is 40.5 Å². The number of pyridine rings is 1. The van der Waals surface area contributed by atoms with E-state index in [4.69, 9.17) is 0 Å². The third-order valence-electron chi connectivity index (χ3n) is 4.25. The van der Waals surface area contributed by atoms with Crippen molar-refractivity contribution < 1.29 is 18.0 Å². The Morgan fingerprint density at radius 2 is 2.19 bits per heavy atom. The largest absolute Gasteiger partial charge is 0.408 e. The van der Waals surface area contributed by atoms with Gasteiger partial charge in [-0.15, -0.1) is 0 Å². The number of hydrogen-bond acceptors (Lipinski definition) is 4. The summed E-state index contributed by atoms with van der Waals surface area (Å²) in [6.07, 6.45) is 0.751. The number of nitrogens with one attached hydrogen (secondary N) is 1. The molecule has 2 aromatic rings. The number of aryl methyl sites for hydroxylation is 1. The van der Waals surface area contributed by atoms with Gasteiger partial charge in [-0.3, -0.25) is 9.48 Å². The summed E-state index contributed by atoms with van der Waals surface area (Å²) in [5, 5.41) is 6.96. The summed E-state index contributed by atoms with van der Waals surface area (Å²) in [7, 11) is 3.65. The molecule has 6 nitrogen and oxygen atoms in total. The molecule has 26 heavy (non-hydrogen) atoms. The van der Waals surface area contributed by atoms with Crippen LogP contribution in [0.25, 0.3) is 0 Å². The highest BCUT2D eigenvalue weighted by Crippen LogP contribution is 2.30. The molecule has 0 aliphatic heterocycles. The van der Waals surface area contributed by atoms with Gasteiger partial charge in [0.15, 0.2) is 0 Å². The van der Waals surface area contributed by atoms with Crippen LogP contribution in [0.5, 0.6) is 0 Å². The summed E-state index contributed by atoms with van der Waals surface area (Å²) in [5.41, 5.74) is 1.73. The molecule has 0 saturated heterocycles. The summed E-state index contributed by atoms with van der Waals surface area (Å²) < 4.78 is 38.7. The minimum Gasteiger partial charge on any atom is -0.363 e. The van der Waals surface area contributed by atoms with Crippen molar-refractivity contribution in [3.05, 3.63) is 41.3 Å². The molecule has 1 amide bonds. The average Bonchev–Trinajstić information content (AvgIpc) is 2.96. The number of fused-ring (bicyclic) bond motifs is 1. The minimum absolute atomic E-state index is 0.293. The van der Waals surface area contributed by atoms with Crippen molar-refractivity contribution in [3.8, 4) is 0 Å². The third kappa shape index (κ3) is 4.14. The molecule has 0 unspecified atom stereocenters. The van der Waals surface area contributed by atoms with Gasteiger partial charge < -0.3 is 10.2 Å². The van der Waals surface area contributed by atoms with Crippen LogP contribution in [0, 0.1) is 0 Å². The van der Waals surface area contributed by atoms with E-state index in [0.717, 1.165) is 16.7 Å². The maximum Gasteiger partial charge on any atom is 0.408 e. The molecule has 0 fully saturated rings. The first kappa shape index (κ1) is 18.2. The van der Waals surface area contributed by atoms with Gasteiger partial charge in [0, 0.05) is 32.1 Å².